The Labute approximate surface area is 257 Å². The maximum absolute atomic E-state index is 13.6. The number of nitrogens with zero attached hydrogens (tertiary/aromatic N) is 2. The molecule has 230 valence electrons. The molecule has 1 saturated heterocycles. The number of piperidine rings is 1. The largest absolute Gasteiger partial charge is 0.380 e. The van der Waals surface area contributed by atoms with E-state index < -0.39 is 11.0 Å². The summed E-state index contributed by atoms with van der Waals surface area (Å²) in [6.45, 7) is 14.4. The zero-order chi connectivity index (χ0) is 31.0. The lowest BCUT2D eigenvalue weighted by Crippen LogP contribution is -2.45. The van der Waals surface area contributed by atoms with E-state index in [1.165, 1.54) is 0 Å². The van der Waals surface area contributed by atoms with Crippen molar-refractivity contribution in [2.45, 2.75) is 53.1 Å². The van der Waals surface area contributed by atoms with Gasteiger partial charge in [-0.15, -0.1) is 0 Å². The van der Waals surface area contributed by atoms with E-state index in [1.54, 1.807) is 6.07 Å². The van der Waals surface area contributed by atoms with E-state index in [0.717, 1.165) is 49.3 Å². The average Bonchev–Trinajstić information content (AvgIpc) is 3.03. The Morgan fingerprint density at radius 3 is 1.95 bits per heavy atom. The van der Waals surface area contributed by atoms with Gasteiger partial charge in [-0.2, -0.15) is 0 Å². The Hall–Kier alpha value is -3.68. The van der Waals surface area contributed by atoms with Gasteiger partial charge in [0, 0.05) is 43.0 Å². The van der Waals surface area contributed by atoms with Crippen molar-refractivity contribution in [2.24, 2.45) is 11.3 Å². The Morgan fingerprint density at radius 2 is 1.44 bits per heavy atom. The first-order valence-electron chi connectivity index (χ1n) is 15.6. The minimum Gasteiger partial charge on any atom is -0.380 e. The van der Waals surface area contributed by atoms with Crippen LogP contribution in [-0.4, -0.2) is 61.1 Å². The molecule has 0 radical (unpaired) electrons. The first-order valence-corrected chi connectivity index (χ1v) is 15.6. The fourth-order valence-corrected chi connectivity index (χ4v) is 5.91. The van der Waals surface area contributed by atoms with E-state index >= 15 is 0 Å². The van der Waals surface area contributed by atoms with Crippen LogP contribution in [0.1, 0.15) is 68.9 Å². The minimum atomic E-state index is -1.11. The molecule has 4 rings (SSSR count). The van der Waals surface area contributed by atoms with Crippen LogP contribution in [0.15, 0.2) is 78.9 Å². The van der Waals surface area contributed by atoms with Gasteiger partial charge < -0.3 is 25.5 Å². The number of benzene rings is 3. The summed E-state index contributed by atoms with van der Waals surface area (Å²) in [6, 6.07) is 25.5. The third-order valence-corrected chi connectivity index (χ3v) is 8.64. The van der Waals surface area contributed by atoms with E-state index in [2.05, 4.69) is 34.3 Å². The van der Waals surface area contributed by atoms with Gasteiger partial charge in [-0.1, -0.05) is 95.3 Å². The molecule has 43 heavy (non-hydrogen) atoms. The summed E-state index contributed by atoms with van der Waals surface area (Å²) >= 11 is 0. The second-order valence-corrected chi connectivity index (χ2v) is 12.5. The lowest BCUT2D eigenvalue weighted by molar-refractivity contribution is -0.123. The Kier molecular flexibility index (Phi) is 10.6. The normalized spacial score (nSPS) is 14.5. The molecule has 0 unspecified atom stereocenters. The molecular formula is C36H48N4O3. The van der Waals surface area contributed by atoms with Gasteiger partial charge in [0.15, 0.2) is 0 Å². The molecule has 7 heteroatoms. The molecule has 0 spiro atoms. The molecule has 0 saturated carbocycles. The molecule has 0 bridgehead atoms. The van der Waals surface area contributed by atoms with Gasteiger partial charge in [0.05, 0.1) is 5.56 Å². The lowest BCUT2D eigenvalue weighted by atomic mass is 9.72. The van der Waals surface area contributed by atoms with Crippen LogP contribution in [0.2, 0.25) is 0 Å². The number of aliphatic hydroxyl groups is 1. The second-order valence-electron chi connectivity index (χ2n) is 12.5. The van der Waals surface area contributed by atoms with E-state index in [-0.39, 0.29) is 17.7 Å². The molecule has 0 atom stereocenters. The summed E-state index contributed by atoms with van der Waals surface area (Å²) in [7, 11) is 0. The fourth-order valence-electron chi connectivity index (χ4n) is 5.91. The molecule has 0 aliphatic carbocycles. The van der Waals surface area contributed by atoms with Crippen LogP contribution in [0.25, 0.3) is 0 Å². The average molecular weight is 585 g/mol. The van der Waals surface area contributed by atoms with Crippen molar-refractivity contribution in [3.05, 3.63) is 95.6 Å². The summed E-state index contributed by atoms with van der Waals surface area (Å²) in [4.78, 5) is 30.8. The van der Waals surface area contributed by atoms with Crippen LogP contribution < -0.4 is 15.5 Å². The van der Waals surface area contributed by atoms with Gasteiger partial charge in [0.2, 0.25) is 5.91 Å². The summed E-state index contributed by atoms with van der Waals surface area (Å²) in [6.07, 6.45) is 1.51. The van der Waals surface area contributed by atoms with Gasteiger partial charge in [0.25, 0.3) is 5.91 Å². The zero-order valence-corrected chi connectivity index (χ0v) is 26.4. The van der Waals surface area contributed by atoms with Crippen molar-refractivity contribution in [3.63, 3.8) is 0 Å². The number of nitrogens with one attached hydrogen (secondary N) is 2. The molecule has 0 aromatic heterocycles. The van der Waals surface area contributed by atoms with Gasteiger partial charge >= 0.3 is 0 Å². The smallest absolute Gasteiger partial charge is 0.253 e. The quantitative estimate of drug-likeness (QED) is 0.262. The van der Waals surface area contributed by atoms with Crippen molar-refractivity contribution >= 4 is 23.2 Å². The Morgan fingerprint density at radius 1 is 0.884 bits per heavy atom. The number of hydrogen-bond donors (Lipinski definition) is 3. The minimum absolute atomic E-state index is 0.00486. The number of carbonyl (C=O) groups excluding carboxylic acids is 2. The third-order valence-electron chi connectivity index (χ3n) is 8.64. The van der Waals surface area contributed by atoms with Crippen LogP contribution >= 0.6 is 0 Å². The highest BCUT2D eigenvalue weighted by Gasteiger charge is 2.41. The van der Waals surface area contributed by atoms with Crippen LogP contribution in [0.3, 0.4) is 0 Å². The van der Waals surface area contributed by atoms with E-state index in [9.17, 15) is 14.7 Å². The molecule has 1 aliphatic rings. The van der Waals surface area contributed by atoms with Crippen LogP contribution in [0.4, 0.5) is 11.4 Å². The van der Waals surface area contributed by atoms with Crippen molar-refractivity contribution in [3.8, 4) is 0 Å². The Bertz CT molecular complexity index is 1300. The molecule has 3 N–H and O–H groups in total. The van der Waals surface area contributed by atoms with Crippen molar-refractivity contribution in [1.82, 2.24) is 10.2 Å². The van der Waals surface area contributed by atoms with Gasteiger partial charge in [-0.25, -0.2) is 0 Å². The number of rotatable bonds is 11. The lowest BCUT2D eigenvalue weighted by Gasteiger charge is -2.43. The van der Waals surface area contributed by atoms with Crippen LogP contribution in [-0.2, 0) is 10.4 Å². The van der Waals surface area contributed by atoms with Crippen molar-refractivity contribution in [2.75, 3.05) is 49.5 Å². The standard InChI is InChI=1S/C36H48N4O3/c1-6-39(7-2)25-22-37-33(41)31-26-30(38-34(42)35(3,4)5)18-19-32(31)40-23-20-29(21-24-40)36(43,27-14-10-8-11-15-27)28-16-12-9-13-17-28/h8-19,26,29,43H,6-7,20-25H2,1-5H3,(H,37,41)(H,38,42). The second kappa shape index (κ2) is 14.2. The third kappa shape index (κ3) is 7.64. The highest BCUT2D eigenvalue weighted by molar-refractivity contribution is 6.02. The van der Waals surface area contributed by atoms with Gasteiger partial charge in [-0.3, -0.25) is 9.59 Å². The molecule has 7 nitrogen and oxygen atoms in total. The number of hydrogen-bond acceptors (Lipinski definition) is 5. The molecule has 3 aromatic rings. The summed E-state index contributed by atoms with van der Waals surface area (Å²) in [5.41, 5.74) is 2.12. The van der Waals surface area contributed by atoms with E-state index in [0.29, 0.717) is 30.9 Å². The maximum atomic E-state index is 13.6. The monoisotopic (exact) mass is 584 g/mol. The number of amides is 2. The highest BCUT2D eigenvalue weighted by Crippen LogP contribution is 2.43. The zero-order valence-electron chi connectivity index (χ0n) is 26.4. The van der Waals surface area contributed by atoms with Gasteiger partial charge in [0.1, 0.15) is 5.60 Å². The molecular weight excluding hydrogens is 536 g/mol. The highest BCUT2D eigenvalue weighted by atomic mass is 16.3. The predicted molar refractivity (Wildman–Crippen MR) is 175 cm³/mol. The molecule has 1 aliphatic heterocycles. The fraction of sp³-hybridized carbons (Fsp3) is 0.444. The van der Waals surface area contributed by atoms with E-state index in [4.69, 9.17) is 0 Å². The van der Waals surface area contributed by atoms with Crippen molar-refractivity contribution in [1.29, 1.82) is 0 Å². The SMILES string of the molecule is CCN(CC)CCNC(=O)c1cc(NC(=O)C(C)(C)C)ccc1N1CCC(C(O)(c2ccccc2)c2ccccc2)CC1. The summed E-state index contributed by atoms with van der Waals surface area (Å²) < 4.78 is 0. The molecule has 3 aromatic carbocycles. The van der Waals surface area contributed by atoms with Crippen LogP contribution in [0, 0.1) is 11.3 Å². The van der Waals surface area contributed by atoms with E-state index in [1.807, 2.05) is 93.6 Å². The first kappa shape index (κ1) is 32.2. The number of carbonyl (C=O) groups is 2. The maximum Gasteiger partial charge on any atom is 0.253 e. The Balaban J connectivity index is 1.58. The van der Waals surface area contributed by atoms with Crippen molar-refractivity contribution < 1.29 is 14.7 Å². The molecule has 2 amide bonds. The first-order chi connectivity index (χ1) is 20.6. The van der Waals surface area contributed by atoms with Crippen LogP contribution in [0.5, 0.6) is 0 Å². The topological polar surface area (TPSA) is 84.9 Å². The number of anilines is 2. The number of likely N-dealkylation sites (N-methyl/N-ethyl adjacent to an activating group) is 1. The predicted octanol–water partition coefficient (Wildman–Crippen LogP) is 5.90. The summed E-state index contributed by atoms with van der Waals surface area (Å²) in [5.74, 6) is -0.249. The molecule has 1 heterocycles. The molecule has 1 fully saturated rings. The van der Waals surface area contributed by atoms with Gasteiger partial charge in [-0.05, 0) is 61.2 Å². The summed E-state index contributed by atoms with van der Waals surface area (Å²) in [5, 5.41) is 18.4.